The topological polar surface area (TPSA) is 30.0 Å². The van der Waals surface area contributed by atoms with Crippen molar-refractivity contribution in [2.45, 2.75) is 6.43 Å². The zero-order valence-corrected chi connectivity index (χ0v) is 7.61. The fraction of sp³-hybridized carbons (Fsp3) is 0.143. The highest BCUT2D eigenvalue weighted by atomic mass is 35.5. The second kappa shape index (κ2) is 3.98. The van der Waals surface area contributed by atoms with Gasteiger partial charge in [-0.2, -0.15) is 0 Å². The van der Waals surface area contributed by atoms with Crippen molar-refractivity contribution >= 4 is 29.5 Å². The summed E-state index contributed by atoms with van der Waals surface area (Å²) in [5.74, 6) is 0. The summed E-state index contributed by atoms with van der Waals surface area (Å²) in [6.45, 7) is 0. The van der Waals surface area contributed by atoms with Crippen molar-refractivity contribution in [1.29, 1.82) is 0 Å². The number of aldehydes is 1. The molecule has 0 saturated heterocycles. The molecular formula is C7H3Cl2F2NO. The van der Waals surface area contributed by atoms with E-state index in [0.29, 0.717) is 0 Å². The third kappa shape index (κ3) is 2.14. The second-order valence-corrected chi connectivity index (χ2v) is 2.90. The highest BCUT2D eigenvalue weighted by Crippen LogP contribution is 2.29. The van der Waals surface area contributed by atoms with E-state index in [1.165, 1.54) is 0 Å². The molecule has 0 spiro atoms. The Balaban J connectivity index is 3.38. The molecule has 13 heavy (non-hydrogen) atoms. The average Bonchev–Trinajstić information content (AvgIpc) is 2.01. The van der Waals surface area contributed by atoms with Crippen molar-refractivity contribution in [3.8, 4) is 0 Å². The molecule has 0 amide bonds. The third-order valence-electron chi connectivity index (χ3n) is 1.36. The fourth-order valence-corrected chi connectivity index (χ4v) is 1.35. The van der Waals surface area contributed by atoms with Gasteiger partial charge in [0.15, 0.2) is 6.29 Å². The summed E-state index contributed by atoms with van der Waals surface area (Å²) in [4.78, 5) is 13.8. The van der Waals surface area contributed by atoms with E-state index in [-0.39, 0.29) is 17.0 Å². The Labute approximate surface area is 82.5 Å². The van der Waals surface area contributed by atoms with Crippen molar-refractivity contribution in [2.75, 3.05) is 0 Å². The van der Waals surface area contributed by atoms with Crippen molar-refractivity contribution in [3.63, 3.8) is 0 Å². The molecule has 0 aliphatic carbocycles. The van der Waals surface area contributed by atoms with E-state index < -0.39 is 17.1 Å². The van der Waals surface area contributed by atoms with Crippen LogP contribution in [0.15, 0.2) is 6.07 Å². The summed E-state index contributed by atoms with van der Waals surface area (Å²) >= 11 is 10.8. The van der Waals surface area contributed by atoms with Gasteiger partial charge in [-0.05, 0) is 6.07 Å². The molecule has 1 aromatic rings. The molecule has 1 heterocycles. The van der Waals surface area contributed by atoms with E-state index in [0.717, 1.165) is 6.07 Å². The van der Waals surface area contributed by atoms with E-state index >= 15 is 0 Å². The van der Waals surface area contributed by atoms with Gasteiger partial charge >= 0.3 is 0 Å². The molecule has 70 valence electrons. The fourth-order valence-electron chi connectivity index (χ4n) is 0.825. The van der Waals surface area contributed by atoms with Gasteiger partial charge in [0.05, 0.1) is 5.56 Å². The summed E-state index contributed by atoms with van der Waals surface area (Å²) in [7, 11) is 0. The van der Waals surface area contributed by atoms with Crippen LogP contribution in [0.25, 0.3) is 0 Å². The van der Waals surface area contributed by atoms with Crippen LogP contribution < -0.4 is 0 Å². The largest absolute Gasteiger partial charge is 0.298 e. The van der Waals surface area contributed by atoms with Crippen molar-refractivity contribution in [2.24, 2.45) is 0 Å². The molecule has 0 aliphatic heterocycles. The molecule has 0 saturated carbocycles. The SMILES string of the molecule is O=Cc1cc(Cl)nc(Cl)c1C(F)F. The first-order valence-corrected chi connectivity index (χ1v) is 3.91. The van der Waals surface area contributed by atoms with Crippen LogP contribution in [-0.2, 0) is 0 Å². The Morgan fingerprint density at radius 1 is 1.46 bits per heavy atom. The normalized spacial score (nSPS) is 10.5. The van der Waals surface area contributed by atoms with Crippen LogP contribution in [0.2, 0.25) is 10.3 Å². The third-order valence-corrected chi connectivity index (χ3v) is 1.84. The summed E-state index contributed by atoms with van der Waals surface area (Å²) in [6, 6.07) is 1.04. The Kier molecular flexibility index (Phi) is 3.17. The van der Waals surface area contributed by atoms with E-state index in [1.54, 1.807) is 0 Å². The molecule has 0 unspecified atom stereocenters. The predicted molar refractivity (Wildman–Crippen MR) is 44.6 cm³/mol. The summed E-state index contributed by atoms with van der Waals surface area (Å²) in [5.41, 5.74) is -0.818. The monoisotopic (exact) mass is 225 g/mol. The zero-order valence-electron chi connectivity index (χ0n) is 6.10. The van der Waals surface area contributed by atoms with Crippen molar-refractivity contribution in [3.05, 3.63) is 27.5 Å². The van der Waals surface area contributed by atoms with Crippen LogP contribution in [0, 0.1) is 0 Å². The molecular weight excluding hydrogens is 223 g/mol. The van der Waals surface area contributed by atoms with E-state index in [9.17, 15) is 13.6 Å². The van der Waals surface area contributed by atoms with Crippen LogP contribution in [0.4, 0.5) is 8.78 Å². The molecule has 0 fully saturated rings. The number of hydrogen-bond acceptors (Lipinski definition) is 2. The minimum atomic E-state index is -2.84. The molecule has 0 N–H and O–H groups in total. The van der Waals surface area contributed by atoms with Gasteiger partial charge in [-0.1, -0.05) is 23.2 Å². The van der Waals surface area contributed by atoms with Gasteiger partial charge in [-0.3, -0.25) is 4.79 Å². The van der Waals surface area contributed by atoms with Gasteiger partial charge < -0.3 is 0 Å². The Bertz CT molecular complexity index is 344. The quantitative estimate of drug-likeness (QED) is 0.572. The maximum Gasteiger partial charge on any atom is 0.267 e. The molecule has 6 heteroatoms. The van der Waals surface area contributed by atoms with Crippen molar-refractivity contribution in [1.82, 2.24) is 4.98 Å². The summed E-state index contributed by atoms with van der Waals surface area (Å²) in [5, 5.41) is -0.527. The van der Waals surface area contributed by atoms with E-state index in [2.05, 4.69) is 4.98 Å². The van der Waals surface area contributed by atoms with Crippen LogP contribution in [0.1, 0.15) is 22.3 Å². The summed E-state index contributed by atoms with van der Waals surface area (Å²) < 4.78 is 24.6. The molecule has 0 atom stereocenters. The standard InChI is InChI=1S/C7H3Cl2F2NO/c8-4-1-3(2-13)5(7(10)11)6(9)12-4/h1-2,7H. The maximum atomic E-state index is 12.3. The smallest absolute Gasteiger partial charge is 0.267 e. The van der Waals surface area contributed by atoms with Gasteiger partial charge in [0, 0.05) is 5.56 Å². The molecule has 0 aromatic carbocycles. The molecule has 0 radical (unpaired) electrons. The van der Waals surface area contributed by atoms with Gasteiger partial charge in [0.1, 0.15) is 10.3 Å². The highest BCUT2D eigenvalue weighted by molar-refractivity contribution is 6.33. The lowest BCUT2D eigenvalue weighted by Gasteiger charge is -2.05. The summed E-state index contributed by atoms with van der Waals surface area (Å²) in [6.07, 6.45) is -2.57. The Morgan fingerprint density at radius 3 is 2.54 bits per heavy atom. The average molecular weight is 226 g/mol. The number of aromatic nitrogens is 1. The number of carbonyl (C=O) groups excluding carboxylic acids is 1. The lowest BCUT2D eigenvalue weighted by atomic mass is 10.2. The number of nitrogens with zero attached hydrogens (tertiary/aromatic N) is 1. The zero-order chi connectivity index (χ0) is 10.0. The van der Waals surface area contributed by atoms with E-state index in [4.69, 9.17) is 23.2 Å². The van der Waals surface area contributed by atoms with Crippen LogP contribution in [0.5, 0.6) is 0 Å². The Hall–Kier alpha value is -0.740. The number of halogens is 4. The number of alkyl halides is 2. The molecule has 0 bridgehead atoms. The molecule has 0 aliphatic rings. The minimum absolute atomic E-state index is 0.0866. The van der Waals surface area contributed by atoms with E-state index in [1.807, 2.05) is 0 Å². The molecule has 1 aromatic heterocycles. The van der Waals surface area contributed by atoms with Crippen molar-refractivity contribution < 1.29 is 13.6 Å². The van der Waals surface area contributed by atoms with Gasteiger partial charge in [-0.25, -0.2) is 13.8 Å². The maximum absolute atomic E-state index is 12.3. The predicted octanol–water partition coefficient (Wildman–Crippen LogP) is 3.14. The first kappa shape index (κ1) is 10.3. The minimum Gasteiger partial charge on any atom is -0.298 e. The van der Waals surface area contributed by atoms with Crippen LogP contribution in [0.3, 0.4) is 0 Å². The molecule has 2 nitrogen and oxygen atoms in total. The Morgan fingerprint density at radius 2 is 2.08 bits per heavy atom. The van der Waals surface area contributed by atoms with Crippen LogP contribution >= 0.6 is 23.2 Å². The number of rotatable bonds is 2. The van der Waals surface area contributed by atoms with Crippen LogP contribution in [-0.4, -0.2) is 11.3 Å². The lowest BCUT2D eigenvalue weighted by Crippen LogP contribution is -1.97. The number of pyridine rings is 1. The first-order chi connectivity index (χ1) is 6.06. The number of carbonyl (C=O) groups is 1. The first-order valence-electron chi connectivity index (χ1n) is 3.15. The molecule has 1 rings (SSSR count). The lowest BCUT2D eigenvalue weighted by molar-refractivity contribution is 0.110. The number of hydrogen-bond donors (Lipinski definition) is 0. The van der Waals surface area contributed by atoms with Gasteiger partial charge in [-0.15, -0.1) is 0 Å². The highest BCUT2D eigenvalue weighted by Gasteiger charge is 2.18. The van der Waals surface area contributed by atoms with Gasteiger partial charge in [0.2, 0.25) is 0 Å². The van der Waals surface area contributed by atoms with Gasteiger partial charge in [0.25, 0.3) is 6.43 Å². The second-order valence-electron chi connectivity index (χ2n) is 2.16.